The number of nitrogens with zero attached hydrogens (tertiary/aromatic N) is 1. The second kappa shape index (κ2) is 6.55. The zero-order valence-corrected chi connectivity index (χ0v) is 10.1. The van der Waals surface area contributed by atoms with Gasteiger partial charge in [0, 0.05) is 27.0 Å². The zero-order chi connectivity index (χ0) is 13.6. The Balaban J connectivity index is 2.73. The third-order valence-electron chi connectivity index (χ3n) is 2.30. The van der Waals surface area contributed by atoms with Crippen LogP contribution in [0.2, 0.25) is 0 Å². The molecule has 1 atom stereocenters. The predicted octanol–water partition coefficient (Wildman–Crippen LogP) is 2.17. The summed E-state index contributed by atoms with van der Waals surface area (Å²) in [7, 11) is 2.96. The first-order valence-electron chi connectivity index (χ1n) is 5.27. The molecule has 4 nitrogen and oxygen atoms in total. The standard InChI is InChI=1S/C11H15F3N2O2/c1-17-7-8(18-2)6-16-10-9(11(12,13)14)4-3-5-15-10/h3-5,8H,6-7H2,1-2H3,(H,15,16). The Morgan fingerprint density at radius 3 is 2.67 bits per heavy atom. The summed E-state index contributed by atoms with van der Waals surface area (Å²) >= 11 is 0. The number of hydrogen-bond acceptors (Lipinski definition) is 4. The summed E-state index contributed by atoms with van der Waals surface area (Å²) in [5.41, 5.74) is -0.794. The molecular weight excluding hydrogens is 249 g/mol. The van der Waals surface area contributed by atoms with E-state index in [1.165, 1.54) is 26.5 Å². The molecule has 1 rings (SSSR count). The Morgan fingerprint density at radius 2 is 2.11 bits per heavy atom. The molecule has 0 bridgehead atoms. The number of pyridine rings is 1. The van der Waals surface area contributed by atoms with Gasteiger partial charge in [-0.15, -0.1) is 0 Å². The molecule has 0 amide bonds. The molecule has 1 N–H and O–H groups in total. The first kappa shape index (κ1) is 14.7. The molecule has 1 heterocycles. The van der Waals surface area contributed by atoms with Gasteiger partial charge in [-0.05, 0) is 12.1 Å². The van der Waals surface area contributed by atoms with E-state index in [4.69, 9.17) is 9.47 Å². The summed E-state index contributed by atoms with van der Waals surface area (Å²) < 4.78 is 47.9. The summed E-state index contributed by atoms with van der Waals surface area (Å²) in [6.07, 6.45) is -3.46. The molecule has 18 heavy (non-hydrogen) atoms. The highest BCUT2D eigenvalue weighted by molar-refractivity contribution is 5.45. The molecule has 0 saturated heterocycles. The van der Waals surface area contributed by atoms with E-state index in [0.29, 0.717) is 0 Å². The van der Waals surface area contributed by atoms with Crippen LogP contribution in [0.15, 0.2) is 18.3 Å². The van der Waals surface area contributed by atoms with Crippen molar-refractivity contribution in [1.82, 2.24) is 4.98 Å². The quantitative estimate of drug-likeness (QED) is 0.855. The van der Waals surface area contributed by atoms with E-state index < -0.39 is 11.7 Å². The lowest BCUT2D eigenvalue weighted by molar-refractivity contribution is -0.137. The Labute approximate surface area is 103 Å². The maximum atomic E-state index is 12.7. The van der Waals surface area contributed by atoms with Gasteiger partial charge in [0.15, 0.2) is 0 Å². The summed E-state index contributed by atoms with van der Waals surface area (Å²) in [6.45, 7) is 0.474. The topological polar surface area (TPSA) is 43.4 Å². The molecule has 102 valence electrons. The highest BCUT2D eigenvalue weighted by Crippen LogP contribution is 2.33. The van der Waals surface area contributed by atoms with Gasteiger partial charge in [-0.1, -0.05) is 0 Å². The van der Waals surface area contributed by atoms with Crippen LogP contribution < -0.4 is 5.32 Å². The maximum Gasteiger partial charge on any atom is 0.419 e. The SMILES string of the molecule is COCC(CNc1ncccc1C(F)(F)F)OC. The van der Waals surface area contributed by atoms with E-state index in [9.17, 15) is 13.2 Å². The van der Waals surface area contributed by atoms with Crippen LogP contribution in [0.1, 0.15) is 5.56 Å². The van der Waals surface area contributed by atoms with Crippen LogP contribution >= 0.6 is 0 Å². The normalized spacial score (nSPS) is 13.4. The minimum Gasteiger partial charge on any atom is -0.382 e. The second-order valence-corrected chi connectivity index (χ2v) is 3.59. The van der Waals surface area contributed by atoms with Crippen LogP contribution in [0.5, 0.6) is 0 Å². The average Bonchev–Trinajstić information content (AvgIpc) is 2.33. The lowest BCUT2D eigenvalue weighted by Crippen LogP contribution is -2.27. The highest BCUT2D eigenvalue weighted by atomic mass is 19.4. The van der Waals surface area contributed by atoms with E-state index in [1.807, 2.05) is 0 Å². The summed E-state index contributed by atoms with van der Waals surface area (Å²) in [4.78, 5) is 3.68. The van der Waals surface area contributed by atoms with Gasteiger partial charge in [-0.3, -0.25) is 0 Å². The molecule has 0 radical (unpaired) electrons. The van der Waals surface area contributed by atoms with E-state index >= 15 is 0 Å². The van der Waals surface area contributed by atoms with E-state index in [2.05, 4.69) is 10.3 Å². The molecule has 7 heteroatoms. The number of anilines is 1. The number of aromatic nitrogens is 1. The van der Waals surface area contributed by atoms with Crippen LogP contribution in [-0.4, -0.2) is 38.5 Å². The fourth-order valence-electron chi connectivity index (χ4n) is 1.38. The smallest absolute Gasteiger partial charge is 0.382 e. The van der Waals surface area contributed by atoms with Crippen molar-refractivity contribution in [1.29, 1.82) is 0 Å². The number of methoxy groups -OCH3 is 2. The van der Waals surface area contributed by atoms with Gasteiger partial charge in [0.25, 0.3) is 0 Å². The minimum absolute atomic E-state index is 0.185. The van der Waals surface area contributed by atoms with E-state index in [-0.39, 0.29) is 25.1 Å². The third-order valence-corrected chi connectivity index (χ3v) is 2.30. The first-order valence-corrected chi connectivity index (χ1v) is 5.27. The molecule has 1 aromatic rings. The Hall–Kier alpha value is -1.34. The van der Waals surface area contributed by atoms with Crippen LogP contribution in [0, 0.1) is 0 Å². The fourth-order valence-corrected chi connectivity index (χ4v) is 1.38. The van der Waals surface area contributed by atoms with Crippen LogP contribution in [0.25, 0.3) is 0 Å². The molecule has 0 aromatic carbocycles. The summed E-state index contributed by atoms with van der Waals surface area (Å²) in [6, 6.07) is 2.23. The summed E-state index contributed by atoms with van der Waals surface area (Å²) in [5.74, 6) is -0.205. The van der Waals surface area contributed by atoms with E-state index in [1.54, 1.807) is 0 Å². The maximum absolute atomic E-state index is 12.7. The molecule has 0 saturated carbocycles. The van der Waals surface area contributed by atoms with E-state index in [0.717, 1.165) is 6.07 Å². The van der Waals surface area contributed by atoms with Gasteiger partial charge in [0.1, 0.15) is 5.82 Å². The Bertz CT molecular complexity index is 372. The average molecular weight is 264 g/mol. The second-order valence-electron chi connectivity index (χ2n) is 3.59. The predicted molar refractivity (Wildman–Crippen MR) is 60.4 cm³/mol. The molecule has 0 aliphatic carbocycles. The van der Waals surface area contributed by atoms with Crippen molar-refractivity contribution in [3.8, 4) is 0 Å². The number of rotatable bonds is 6. The molecule has 1 aromatic heterocycles. The number of nitrogens with one attached hydrogen (secondary N) is 1. The van der Waals surface area contributed by atoms with Crippen molar-refractivity contribution >= 4 is 5.82 Å². The molecule has 1 unspecified atom stereocenters. The molecule has 0 fully saturated rings. The number of ether oxygens (including phenoxy) is 2. The van der Waals surface area contributed by atoms with Gasteiger partial charge < -0.3 is 14.8 Å². The van der Waals surface area contributed by atoms with Crippen LogP contribution in [-0.2, 0) is 15.7 Å². The van der Waals surface area contributed by atoms with Crippen molar-refractivity contribution < 1.29 is 22.6 Å². The molecule has 0 aliphatic heterocycles. The largest absolute Gasteiger partial charge is 0.419 e. The van der Waals surface area contributed by atoms with Crippen molar-refractivity contribution in [3.63, 3.8) is 0 Å². The zero-order valence-electron chi connectivity index (χ0n) is 10.1. The Kier molecular flexibility index (Phi) is 5.36. The Morgan fingerprint density at radius 1 is 1.39 bits per heavy atom. The number of alkyl halides is 3. The fraction of sp³-hybridized carbons (Fsp3) is 0.545. The first-order chi connectivity index (χ1) is 8.49. The van der Waals surface area contributed by atoms with Crippen molar-refractivity contribution in [2.24, 2.45) is 0 Å². The molecule has 0 spiro atoms. The van der Waals surface area contributed by atoms with Crippen LogP contribution in [0.3, 0.4) is 0 Å². The minimum atomic E-state index is -4.43. The van der Waals surface area contributed by atoms with Gasteiger partial charge in [0.2, 0.25) is 0 Å². The van der Waals surface area contributed by atoms with Crippen molar-refractivity contribution in [2.45, 2.75) is 12.3 Å². The highest BCUT2D eigenvalue weighted by Gasteiger charge is 2.34. The lowest BCUT2D eigenvalue weighted by atomic mass is 10.2. The van der Waals surface area contributed by atoms with Crippen molar-refractivity contribution in [3.05, 3.63) is 23.9 Å². The van der Waals surface area contributed by atoms with Gasteiger partial charge >= 0.3 is 6.18 Å². The lowest BCUT2D eigenvalue weighted by Gasteiger charge is -2.17. The van der Waals surface area contributed by atoms with Crippen molar-refractivity contribution in [2.75, 3.05) is 32.7 Å². The third kappa shape index (κ3) is 4.15. The number of halogens is 3. The summed E-state index contributed by atoms with van der Waals surface area (Å²) in [5, 5.41) is 2.62. The van der Waals surface area contributed by atoms with Gasteiger partial charge in [-0.2, -0.15) is 13.2 Å². The van der Waals surface area contributed by atoms with Crippen LogP contribution in [0.4, 0.5) is 19.0 Å². The number of hydrogen-bond donors (Lipinski definition) is 1. The molecule has 0 aliphatic rings. The molecular formula is C11H15F3N2O2. The monoisotopic (exact) mass is 264 g/mol. The van der Waals surface area contributed by atoms with Gasteiger partial charge in [-0.25, -0.2) is 4.98 Å². The van der Waals surface area contributed by atoms with Gasteiger partial charge in [0.05, 0.1) is 18.3 Å².